The molecule has 3 nitrogen and oxygen atoms in total. The van der Waals surface area contributed by atoms with Crippen LogP contribution in [0.3, 0.4) is 0 Å². The van der Waals surface area contributed by atoms with E-state index < -0.39 is 0 Å². The fourth-order valence-corrected chi connectivity index (χ4v) is 2.27. The number of hydrazine groups is 1. The molecule has 14 heavy (non-hydrogen) atoms. The van der Waals surface area contributed by atoms with Gasteiger partial charge in [-0.1, -0.05) is 19.8 Å². The monoisotopic (exact) mass is 200 g/mol. The van der Waals surface area contributed by atoms with Gasteiger partial charge in [-0.05, 0) is 31.6 Å². The number of nitrogens with one attached hydrogen (secondary N) is 1. The molecule has 1 unspecified atom stereocenters. The molecular weight excluding hydrogens is 176 g/mol. The highest BCUT2D eigenvalue weighted by molar-refractivity contribution is 4.78. The fraction of sp³-hybridized carbons (Fsp3) is 1.00. The van der Waals surface area contributed by atoms with Gasteiger partial charge in [0, 0.05) is 19.3 Å². The van der Waals surface area contributed by atoms with E-state index in [2.05, 4.69) is 12.3 Å². The topological polar surface area (TPSA) is 47.3 Å². The number of hydrogen-bond donors (Lipinski definition) is 2. The van der Waals surface area contributed by atoms with E-state index in [9.17, 15) is 0 Å². The van der Waals surface area contributed by atoms with E-state index in [0.29, 0.717) is 6.04 Å². The molecule has 3 heteroatoms. The number of hydrogen-bond acceptors (Lipinski definition) is 3. The normalized spacial score (nSPS) is 20.1. The van der Waals surface area contributed by atoms with Gasteiger partial charge >= 0.3 is 0 Å². The molecule has 0 amide bonds. The molecule has 1 aliphatic carbocycles. The van der Waals surface area contributed by atoms with Crippen molar-refractivity contribution in [1.29, 1.82) is 0 Å². The van der Waals surface area contributed by atoms with Gasteiger partial charge in [-0.3, -0.25) is 11.3 Å². The molecule has 0 radical (unpaired) electrons. The Morgan fingerprint density at radius 1 is 1.36 bits per heavy atom. The van der Waals surface area contributed by atoms with Crippen LogP contribution in [0.2, 0.25) is 0 Å². The Morgan fingerprint density at radius 2 is 2.07 bits per heavy atom. The minimum atomic E-state index is 0.467. The Morgan fingerprint density at radius 3 is 2.64 bits per heavy atom. The molecule has 0 saturated heterocycles. The van der Waals surface area contributed by atoms with Gasteiger partial charge in [-0.2, -0.15) is 0 Å². The first-order chi connectivity index (χ1) is 6.88. The highest BCUT2D eigenvalue weighted by Gasteiger charge is 2.23. The number of ether oxygens (including phenoxy) is 1. The zero-order valence-electron chi connectivity index (χ0n) is 9.30. The summed E-state index contributed by atoms with van der Waals surface area (Å²) in [6.07, 6.45) is 7.58. The van der Waals surface area contributed by atoms with E-state index in [0.717, 1.165) is 32.0 Å². The summed E-state index contributed by atoms with van der Waals surface area (Å²) >= 11 is 0. The SMILES string of the molecule is CCCOCCC(NN)C1CCCC1. The van der Waals surface area contributed by atoms with E-state index in [4.69, 9.17) is 10.6 Å². The Labute approximate surface area is 87.4 Å². The lowest BCUT2D eigenvalue weighted by Crippen LogP contribution is -2.40. The lowest BCUT2D eigenvalue weighted by atomic mass is 9.96. The third kappa shape index (κ3) is 3.95. The van der Waals surface area contributed by atoms with Crippen molar-refractivity contribution in [2.45, 2.75) is 51.5 Å². The first kappa shape index (κ1) is 12.0. The zero-order valence-corrected chi connectivity index (χ0v) is 9.30. The van der Waals surface area contributed by atoms with Gasteiger partial charge in [0.05, 0.1) is 0 Å². The lowest BCUT2D eigenvalue weighted by Gasteiger charge is -2.22. The van der Waals surface area contributed by atoms with Crippen molar-refractivity contribution in [3.63, 3.8) is 0 Å². The second-order valence-corrected chi connectivity index (χ2v) is 4.22. The molecule has 1 fully saturated rings. The van der Waals surface area contributed by atoms with Crippen molar-refractivity contribution in [1.82, 2.24) is 5.43 Å². The quantitative estimate of drug-likeness (QED) is 0.374. The summed E-state index contributed by atoms with van der Waals surface area (Å²) in [5, 5.41) is 0. The molecule has 1 atom stereocenters. The first-order valence-electron chi connectivity index (χ1n) is 5.92. The second kappa shape index (κ2) is 7.21. The van der Waals surface area contributed by atoms with Crippen LogP contribution in [0.4, 0.5) is 0 Å². The fourth-order valence-electron chi connectivity index (χ4n) is 2.27. The van der Waals surface area contributed by atoms with E-state index in [1.54, 1.807) is 0 Å². The van der Waals surface area contributed by atoms with E-state index >= 15 is 0 Å². The van der Waals surface area contributed by atoms with Crippen LogP contribution in [-0.2, 0) is 4.74 Å². The summed E-state index contributed by atoms with van der Waals surface area (Å²) in [4.78, 5) is 0. The summed E-state index contributed by atoms with van der Waals surface area (Å²) in [5.74, 6) is 6.34. The molecule has 0 heterocycles. The smallest absolute Gasteiger partial charge is 0.0481 e. The van der Waals surface area contributed by atoms with Gasteiger partial charge in [-0.25, -0.2) is 0 Å². The molecule has 0 aromatic carbocycles. The van der Waals surface area contributed by atoms with Crippen LogP contribution < -0.4 is 11.3 Å². The number of nitrogens with two attached hydrogens (primary N) is 1. The van der Waals surface area contributed by atoms with Crippen LogP contribution in [0, 0.1) is 5.92 Å². The van der Waals surface area contributed by atoms with Gasteiger partial charge in [0.25, 0.3) is 0 Å². The molecule has 0 aromatic rings. The van der Waals surface area contributed by atoms with Gasteiger partial charge in [0.2, 0.25) is 0 Å². The molecule has 1 aliphatic rings. The van der Waals surface area contributed by atoms with Crippen molar-refractivity contribution in [3.05, 3.63) is 0 Å². The minimum Gasteiger partial charge on any atom is -0.381 e. The maximum absolute atomic E-state index is 5.56. The van der Waals surface area contributed by atoms with E-state index in [-0.39, 0.29) is 0 Å². The highest BCUT2D eigenvalue weighted by Crippen LogP contribution is 2.28. The summed E-state index contributed by atoms with van der Waals surface area (Å²) in [5.41, 5.74) is 2.94. The van der Waals surface area contributed by atoms with Crippen molar-refractivity contribution < 1.29 is 4.74 Å². The average molecular weight is 200 g/mol. The van der Waals surface area contributed by atoms with Crippen LogP contribution in [-0.4, -0.2) is 19.3 Å². The molecule has 0 bridgehead atoms. The maximum atomic E-state index is 5.56. The number of rotatable bonds is 7. The lowest BCUT2D eigenvalue weighted by molar-refractivity contribution is 0.117. The molecule has 0 aromatic heterocycles. The van der Waals surface area contributed by atoms with Crippen LogP contribution in [0.5, 0.6) is 0 Å². The average Bonchev–Trinajstić information content (AvgIpc) is 2.71. The summed E-state index contributed by atoms with van der Waals surface area (Å²) in [6, 6.07) is 0.467. The van der Waals surface area contributed by atoms with Crippen LogP contribution >= 0.6 is 0 Å². The maximum Gasteiger partial charge on any atom is 0.0481 e. The molecule has 1 rings (SSSR count). The summed E-state index contributed by atoms with van der Waals surface area (Å²) < 4.78 is 5.48. The Hall–Kier alpha value is -0.120. The second-order valence-electron chi connectivity index (χ2n) is 4.22. The van der Waals surface area contributed by atoms with E-state index in [1.165, 1.54) is 25.7 Å². The Balaban J connectivity index is 2.11. The van der Waals surface area contributed by atoms with Crippen molar-refractivity contribution in [3.8, 4) is 0 Å². The predicted octanol–water partition coefficient (Wildman–Crippen LogP) is 1.83. The molecular formula is C11H24N2O. The largest absolute Gasteiger partial charge is 0.381 e. The standard InChI is InChI=1S/C11H24N2O/c1-2-8-14-9-7-11(13-12)10-5-3-4-6-10/h10-11,13H,2-9,12H2,1H3. The predicted molar refractivity (Wildman–Crippen MR) is 58.8 cm³/mol. The van der Waals surface area contributed by atoms with Gasteiger partial charge in [0.1, 0.15) is 0 Å². The van der Waals surface area contributed by atoms with Crippen LogP contribution in [0.1, 0.15) is 45.4 Å². The molecule has 84 valence electrons. The minimum absolute atomic E-state index is 0.467. The third-order valence-electron chi connectivity index (χ3n) is 3.10. The van der Waals surface area contributed by atoms with E-state index in [1.807, 2.05) is 0 Å². The highest BCUT2D eigenvalue weighted by atomic mass is 16.5. The first-order valence-corrected chi connectivity index (χ1v) is 5.92. The van der Waals surface area contributed by atoms with Crippen LogP contribution in [0.25, 0.3) is 0 Å². The molecule has 0 spiro atoms. The summed E-state index contributed by atoms with van der Waals surface area (Å²) in [7, 11) is 0. The molecule has 0 aliphatic heterocycles. The van der Waals surface area contributed by atoms with Gasteiger partial charge < -0.3 is 4.74 Å². The van der Waals surface area contributed by atoms with Gasteiger partial charge in [0.15, 0.2) is 0 Å². The van der Waals surface area contributed by atoms with Gasteiger partial charge in [-0.15, -0.1) is 0 Å². The zero-order chi connectivity index (χ0) is 10.2. The summed E-state index contributed by atoms with van der Waals surface area (Å²) in [6.45, 7) is 3.86. The third-order valence-corrected chi connectivity index (χ3v) is 3.10. The molecule has 1 saturated carbocycles. The molecule has 3 N–H and O–H groups in total. The Bertz CT molecular complexity index is 135. The Kier molecular flexibility index (Phi) is 6.15. The van der Waals surface area contributed by atoms with Crippen molar-refractivity contribution in [2.75, 3.05) is 13.2 Å². The van der Waals surface area contributed by atoms with Crippen molar-refractivity contribution in [2.24, 2.45) is 11.8 Å². The van der Waals surface area contributed by atoms with Crippen LogP contribution in [0.15, 0.2) is 0 Å². The van der Waals surface area contributed by atoms with Crippen molar-refractivity contribution >= 4 is 0 Å².